The monoisotopic (exact) mass is 433 g/mol. The molecular weight excluding hydrogens is 421 g/mol. The number of hydrogen-bond donors (Lipinski definition) is 3. The SMILES string of the molecule is O=C(COc1ccc(Cl)cc1C=C1C(=O)NC(=S)NC1=O)Nc1ccccc1F. The number of rotatable bonds is 5. The lowest BCUT2D eigenvalue weighted by Gasteiger charge is -2.17. The predicted molar refractivity (Wildman–Crippen MR) is 109 cm³/mol. The Morgan fingerprint density at radius 1 is 1.17 bits per heavy atom. The largest absolute Gasteiger partial charge is 0.483 e. The second-order valence-corrected chi connectivity index (χ2v) is 6.64. The Labute approximate surface area is 174 Å². The van der Waals surface area contributed by atoms with Gasteiger partial charge in [-0.3, -0.25) is 25.0 Å². The molecule has 2 aromatic rings. The minimum atomic E-state index is -0.679. The van der Waals surface area contributed by atoms with E-state index in [1.165, 1.54) is 42.5 Å². The Hall–Kier alpha value is -3.30. The van der Waals surface area contributed by atoms with E-state index in [2.05, 4.69) is 16.0 Å². The van der Waals surface area contributed by atoms with Gasteiger partial charge in [-0.1, -0.05) is 23.7 Å². The van der Waals surface area contributed by atoms with Crippen LogP contribution in [-0.4, -0.2) is 29.4 Å². The Morgan fingerprint density at radius 3 is 2.55 bits per heavy atom. The van der Waals surface area contributed by atoms with Crippen LogP contribution in [0.1, 0.15) is 5.56 Å². The summed E-state index contributed by atoms with van der Waals surface area (Å²) in [5.41, 5.74) is 0.108. The Morgan fingerprint density at radius 2 is 1.86 bits per heavy atom. The first kappa shape index (κ1) is 20.4. The predicted octanol–water partition coefficient (Wildman–Crippen LogP) is 2.41. The molecule has 0 radical (unpaired) electrons. The fraction of sp³-hybridized carbons (Fsp3) is 0.0526. The Bertz CT molecular complexity index is 1040. The molecule has 7 nitrogen and oxygen atoms in total. The number of halogens is 2. The molecule has 3 N–H and O–H groups in total. The van der Waals surface area contributed by atoms with Crippen LogP contribution in [0.4, 0.5) is 10.1 Å². The number of para-hydroxylation sites is 1. The van der Waals surface area contributed by atoms with Crippen molar-refractivity contribution >= 4 is 58.4 Å². The highest BCUT2D eigenvalue weighted by molar-refractivity contribution is 7.80. The summed E-state index contributed by atoms with van der Waals surface area (Å²) >= 11 is 10.7. The van der Waals surface area contributed by atoms with E-state index >= 15 is 0 Å². The average Bonchev–Trinajstić information content (AvgIpc) is 2.66. The van der Waals surface area contributed by atoms with Gasteiger partial charge in [0, 0.05) is 10.6 Å². The molecule has 3 rings (SSSR count). The quantitative estimate of drug-likeness (QED) is 0.382. The highest BCUT2D eigenvalue weighted by atomic mass is 35.5. The summed E-state index contributed by atoms with van der Waals surface area (Å²) in [4.78, 5) is 36.1. The highest BCUT2D eigenvalue weighted by Gasteiger charge is 2.26. The normalized spacial score (nSPS) is 13.4. The van der Waals surface area contributed by atoms with Crippen LogP contribution in [0.2, 0.25) is 5.02 Å². The van der Waals surface area contributed by atoms with Gasteiger partial charge in [0.05, 0.1) is 5.69 Å². The number of benzene rings is 2. The lowest BCUT2D eigenvalue weighted by molar-refractivity contribution is -0.123. The number of anilines is 1. The lowest BCUT2D eigenvalue weighted by atomic mass is 10.1. The minimum absolute atomic E-state index is 0.0195. The van der Waals surface area contributed by atoms with E-state index in [0.29, 0.717) is 10.6 Å². The first-order chi connectivity index (χ1) is 13.8. The fourth-order valence-corrected chi connectivity index (χ4v) is 2.78. The number of amides is 3. The van der Waals surface area contributed by atoms with Gasteiger partial charge >= 0.3 is 0 Å². The molecule has 0 aliphatic carbocycles. The van der Waals surface area contributed by atoms with E-state index in [9.17, 15) is 18.8 Å². The molecule has 0 aromatic heterocycles. The van der Waals surface area contributed by atoms with Crippen LogP contribution in [0.25, 0.3) is 6.08 Å². The topological polar surface area (TPSA) is 96.5 Å². The summed E-state index contributed by atoms with van der Waals surface area (Å²) in [5, 5.41) is 7.25. The third kappa shape index (κ3) is 5.15. The second kappa shape index (κ2) is 8.80. The van der Waals surface area contributed by atoms with Crippen LogP contribution < -0.4 is 20.7 Å². The maximum atomic E-state index is 13.6. The maximum Gasteiger partial charge on any atom is 0.263 e. The summed E-state index contributed by atoms with van der Waals surface area (Å²) < 4.78 is 19.1. The van der Waals surface area contributed by atoms with Gasteiger partial charge in [-0.05, 0) is 48.6 Å². The van der Waals surface area contributed by atoms with Gasteiger partial charge in [0.1, 0.15) is 17.1 Å². The van der Waals surface area contributed by atoms with Crippen molar-refractivity contribution in [2.24, 2.45) is 0 Å². The lowest BCUT2D eigenvalue weighted by Crippen LogP contribution is -2.51. The number of nitrogens with one attached hydrogen (secondary N) is 3. The summed E-state index contributed by atoms with van der Waals surface area (Å²) in [6.07, 6.45) is 1.27. The third-order valence-corrected chi connectivity index (χ3v) is 4.16. The van der Waals surface area contributed by atoms with Crippen molar-refractivity contribution in [2.75, 3.05) is 11.9 Å². The first-order valence-corrected chi connectivity index (χ1v) is 8.97. The zero-order chi connectivity index (χ0) is 21.0. The van der Waals surface area contributed by atoms with Gasteiger partial charge in [-0.25, -0.2) is 4.39 Å². The molecule has 10 heteroatoms. The van der Waals surface area contributed by atoms with E-state index in [1.54, 1.807) is 6.07 Å². The molecule has 2 aromatic carbocycles. The van der Waals surface area contributed by atoms with Crippen LogP contribution >= 0.6 is 23.8 Å². The summed E-state index contributed by atoms with van der Waals surface area (Å²) in [7, 11) is 0. The Balaban J connectivity index is 1.77. The molecule has 1 saturated heterocycles. The molecule has 1 heterocycles. The smallest absolute Gasteiger partial charge is 0.263 e. The van der Waals surface area contributed by atoms with Gasteiger partial charge in [-0.2, -0.15) is 0 Å². The maximum absolute atomic E-state index is 13.6. The van der Waals surface area contributed by atoms with E-state index < -0.39 is 30.1 Å². The van der Waals surface area contributed by atoms with Crippen molar-refractivity contribution < 1.29 is 23.5 Å². The summed E-state index contributed by atoms with van der Waals surface area (Å²) in [6, 6.07) is 10.2. The van der Waals surface area contributed by atoms with Gasteiger partial charge in [0.2, 0.25) is 0 Å². The molecule has 3 amide bonds. The summed E-state index contributed by atoms with van der Waals surface area (Å²) in [5.74, 6) is -2.34. The van der Waals surface area contributed by atoms with Crippen LogP contribution in [0.3, 0.4) is 0 Å². The molecule has 0 unspecified atom stereocenters. The van der Waals surface area contributed by atoms with Crippen molar-refractivity contribution in [3.05, 3.63) is 64.4 Å². The van der Waals surface area contributed by atoms with Crippen LogP contribution in [0, 0.1) is 5.82 Å². The number of carbonyl (C=O) groups is 3. The zero-order valence-corrected chi connectivity index (χ0v) is 16.2. The van der Waals surface area contributed by atoms with Crippen molar-refractivity contribution in [1.29, 1.82) is 0 Å². The highest BCUT2D eigenvalue weighted by Crippen LogP contribution is 2.26. The van der Waals surface area contributed by atoms with Crippen molar-refractivity contribution in [3.8, 4) is 5.75 Å². The molecule has 0 saturated carbocycles. The standard InChI is InChI=1S/C19H13ClFN3O4S/c20-11-5-6-15(28-9-16(25)22-14-4-2-1-3-13(14)21)10(7-11)8-12-17(26)23-19(29)24-18(12)27/h1-8H,9H2,(H,22,25)(H2,23,24,26,27,29). The molecule has 0 spiro atoms. The second-order valence-electron chi connectivity index (χ2n) is 5.79. The molecule has 1 fully saturated rings. The van der Waals surface area contributed by atoms with Gasteiger partial charge in [0.15, 0.2) is 11.7 Å². The van der Waals surface area contributed by atoms with Gasteiger partial charge in [0.25, 0.3) is 17.7 Å². The van der Waals surface area contributed by atoms with E-state index in [-0.39, 0.29) is 22.1 Å². The fourth-order valence-electron chi connectivity index (χ4n) is 2.42. The van der Waals surface area contributed by atoms with E-state index in [4.69, 9.17) is 28.6 Å². The molecule has 0 atom stereocenters. The summed E-state index contributed by atoms with van der Waals surface area (Å²) in [6.45, 7) is -0.436. The van der Waals surface area contributed by atoms with Crippen molar-refractivity contribution in [3.63, 3.8) is 0 Å². The van der Waals surface area contributed by atoms with E-state index in [1.807, 2.05) is 0 Å². The molecular formula is C19H13ClFN3O4S. The van der Waals surface area contributed by atoms with Crippen molar-refractivity contribution in [1.82, 2.24) is 10.6 Å². The minimum Gasteiger partial charge on any atom is -0.483 e. The van der Waals surface area contributed by atoms with E-state index in [0.717, 1.165) is 0 Å². The molecule has 148 valence electrons. The molecule has 1 aliphatic heterocycles. The number of thiocarbonyl (C=S) groups is 1. The van der Waals surface area contributed by atoms with Crippen molar-refractivity contribution in [2.45, 2.75) is 0 Å². The van der Waals surface area contributed by atoms with Crippen LogP contribution in [0.5, 0.6) is 5.75 Å². The molecule has 1 aliphatic rings. The first-order valence-electron chi connectivity index (χ1n) is 8.18. The Kier molecular flexibility index (Phi) is 6.20. The zero-order valence-electron chi connectivity index (χ0n) is 14.6. The van der Waals surface area contributed by atoms with Crippen LogP contribution in [-0.2, 0) is 14.4 Å². The average molecular weight is 434 g/mol. The number of hydrogen-bond acceptors (Lipinski definition) is 5. The van der Waals surface area contributed by atoms with Crippen LogP contribution in [0.15, 0.2) is 48.0 Å². The van der Waals surface area contributed by atoms with Gasteiger partial charge < -0.3 is 10.1 Å². The third-order valence-electron chi connectivity index (χ3n) is 3.72. The van der Waals surface area contributed by atoms with Gasteiger partial charge in [-0.15, -0.1) is 0 Å². The molecule has 29 heavy (non-hydrogen) atoms. The number of carbonyl (C=O) groups excluding carboxylic acids is 3. The molecule has 0 bridgehead atoms. The number of ether oxygens (including phenoxy) is 1.